The molecule has 30 heavy (non-hydrogen) atoms. The number of nitrogens with zero attached hydrogens (tertiary/aromatic N) is 4. The molecule has 8 heteroatoms. The van der Waals surface area contributed by atoms with Gasteiger partial charge in [0.15, 0.2) is 5.96 Å². The first kappa shape index (κ1) is 22.1. The van der Waals surface area contributed by atoms with Gasteiger partial charge in [0.2, 0.25) is 5.91 Å². The number of rotatable bonds is 8. The molecule has 0 saturated carbocycles. The molecule has 3 rings (SSSR count). The third kappa shape index (κ3) is 6.45. The van der Waals surface area contributed by atoms with Crippen molar-refractivity contribution in [2.75, 3.05) is 51.2 Å². The van der Waals surface area contributed by atoms with Crippen LogP contribution in [-0.2, 0) is 17.6 Å². The third-order valence-corrected chi connectivity index (χ3v) is 6.39. The Hall–Kier alpha value is -2.61. The van der Waals surface area contributed by atoms with E-state index in [0.717, 1.165) is 56.5 Å². The van der Waals surface area contributed by atoms with Crippen molar-refractivity contribution in [2.45, 2.75) is 26.2 Å². The molecule has 0 radical (unpaired) electrons. The summed E-state index contributed by atoms with van der Waals surface area (Å²) in [5, 5.41) is 7.68. The summed E-state index contributed by atoms with van der Waals surface area (Å²) < 4.78 is 0. The number of aliphatic imine (C=N–C) groups is 1. The minimum Gasteiger partial charge on any atom is -0.368 e. The summed E-state index contributed by atoms with van der Waals surface area (Å²) in [6.07, 6.45) is 4.33. The van der Waals surface area contributed by atoms with E-state index in [-0.39, 0.29) is 5.91 Å². The third-order valence-electron chi connectivity index (χ3n) is 5.19. The summed E-state index contributed by atoms with van der Waals surface area (Å²) in [7, 11) is 1.75. The predicted molar refractivity (Wildman–Crippen MR) is 124 cm³/mol. The number of amides is 1. The van der Waals surface area contributed by atoms with Crippen molar-refractivity contribution < 1.29 is 4.79 Å². The molecule has 1 aromatic heterocycles. The monoisotopic (exact) mass is 428 g/mol. The number of aromatic nitrogens is 1. The molecule has 2 N–H and O–H groups in total. The van der Waals surface area contributed by atoms with E-state index in [0.29, 0.717) is 13.0 Å². The Morgan fingerprint density at radius 3 is 2.53 bits per heavy atom. The number of hydrogen-bond donors (Lipinski definition) is 2. The molecule has 1 aliphatic rings. The maximum absolute atomic E-state index is 12.5. The smallest absolute Gasteiger partial charge is 0.224 e. The van der Waals surface area contributed by atoms with Gasteiger partial charge in [0.25, 0.3) is 0 Å². The van der Waals surface area contributed by atoms with Gasteiger partial charge in [-0.3, -0.25) is 9.79 Å². The largest absolute Gasteiger partial charge is 0.368 e. The van der Waals surface area contributed by atoms with Gasteiger partial charge >= 0.3 is 0 Å². The van der Waals surface area contributed by atoms with Crippen molar-refractivity contribution in [3.8, 4) is 0 Å². The van der Waals surface area contributed by atoms with Gasteiger partial charge in [0.1, 0.15) is 0 Å². The van der Waals surface area contributed by atoms with E-state index in [9.17, 15) is 4.79 Å². The fraction of sp³-hybridized carbons (Fsp3) is 0.500. The second kappa shape index (κ2) is 11.5. The van der Waals surface area contributed by atoms with Gasteiger partial charge in [-0.25, -0.2) is 4.98 Å². The highest BCUT2D eigenvalue weighted by Crippen LogP contribution is 2.16. The molecule has 2 aromatic rings. The van der Waals surface area contributed by atoms with Crippen LogP contribution in [0.4, 0.5) is 5.69 Å². The van der Waals surface area contributed by atoms with Crippen molar-refractivity contribution in [3.05, 3.63) is 46.4 Å². The lowest BCUT2D eigenvalue weighted by Gasteiger charge is -2.36. The molecule has 0 bridgehead atoms. The SMILES string of the molecule is CCc1cnc(CCNC(=NC)NCCC(=O)N2CCN(c3ccccc3)CC2)s1. The van der Waals surface area contributed by atoms with E-state index in [2.05, 4.69) is 56.7 Å². The molecule has 1 saturated heterocycles. The molecule has 1 aromatic carbocycles. The fourth-order valence-electron chi connectivity index (χ4n) is 3.43. The summed E-state index contributed by atoms with van der Waals surface area (Å²) in [4.78, 5) is 26.8. The van der Waals surface area contributed by atoms with Gasteiger partial charge in [-0.15, -0.1) is 11.3 Å². The standard InChI is InChI=1S/C22H32N6OS/c1-3-19-17-26-20(30-19)9-11-24-22(23-2)25-12-10-21(29)28-15-13-27(14-16-28)18-7-5-4-6-8-18/h4-8,17H,3,9-16H2,1-2H3,(H2,23,24,25). The van der Waals surface area contributed by atoms with Crippen molar-refractivity contribution in [1.29, 1.82) is 0 Å². The Morgan fingerprint density at radius 2 is 1.87 bits per heavy atom. The maximum atomic E-state index is 12.5. The molecule has 162 valence electrons. The molecule has 0 aliphatic carbocycles. The van der Waals surface area contributed by atoms with Crippen LogP contribution in [-0.4, -0.2) is 68.1 Å². The summed E-state index contributed by atoms with van der Waals surface area (Å²) in [5.74, 6) is 0.921. The Kier molecular flexibility index (Phi) is 8.50. The van der Waals surface area contributed by atoms with Crippen LogP contribution in [0.5, 0.6) is 0 Å². The lowest BCUT2D eigenvalue weighted by Crippen LogP contribution is -2.49. The van der Waals surface area contributed by atoms with E-state index in [1.165, 1.54) is 10.6 Å². The number of guanidine groups is 1. The highest BCUT2D eigenvalue weighted by Gasteiger charge is 2.20. The molecule has 1 fully saturated rings. The average molecular weight is 429 g/mol. The van der Waals surface area contributed by atoms with Crippen LogP contribution in [0.3, 0.4) is 0 Å². The number of carbonyl (C=O) groups is 1. The minimum atomic E-state index is 0.195. The van der Waals surface area contributed by atoms with Crippen LogP contribution in [0, 0.1) is 0 Å². The van der Waals surface area contributed by atoms with Crippen LogP contribution in [0.2, 0.25) is 0 Å². The zero-order valence-corrected chi connectivity index (χ0v) is 18.7. The van der Waals surface area contributed by atoms with E-state index < -0.39 is 0 Å². The van der Waals surface area contributed by atoms with E-state index in [1.54, 1.807) is 18.4 Å². The van der Waals surface area contributed by atoms with Gasteiger partial charge in [0, 0.05) is 75.9 Å². The van der Waals surface area contributed by atoms with Gasteiger partial charge < -0.3 is 20.4 Å². The molecular formula is C22H32N6OS. The predicted octanol–water partition coefficient (Wildman–Crippen LogP) is 2.15. The Balaban J connectivity index is 1.32. The number of piperazine rings is 1. The molecule has 0 atom stereocenters. The number of nitrogens with one attached hydrogen (secondary N) is 2. The molecule has 0 unspecified atom stereocenters. The van der Waals surface area contributed by atoms with E-state index in [4.69, 9.17) is 0 Å². The number of aryl methyl sites for hydroxylation is 1. The van der Waals surface area contributed by atoms with Crippen LogP contribution >= 0.6 is 11.3 Å². The van der Waals surface area contributed by atoms with Gasteiger partial charge in [-0.2, -0.15) is 0 Å². The van der Waals surface area contributed by atoms with Crippen molar-refractivity contribution in [3.63, 3.8) is 0 Å². The Morgan fingerprint density at radius 1 is 1.13 bits per heavy atom. The Bertz CT molecular complexity index is 814. The Labute approximate surface area is 183 Å². The lowest BCUT2D eigenvalue weighted by molar-refractivity contribution is -0.131. The van der Waals surface area contributed by atoms with Crippen molar-refractivity contribution >= 4 is 28.9 Å². The van der Waals surface area contributed by atoms with Crippen LogP contribution in [0.15, 0.2) is 41.5 Å². The van der Waals surface area contributed by atoms with E-state index in [1.807, 2.05) is 17.2 Å². The topological polar surface area (TPSA) is 72.9 Å². The average Bonchev–Trinajstić information content (AvgIpc) is 3.26. The number of para-hydroxylation sites is 1. The second-order valence-electron chi connectivity index (χ2n) is 7.20. The zero-order chi connectivity index (χ0) is 21.2. The number of anilines is 1. The fourth-order valence-corrected chi connectivity index (χ4v) is 4.30. The van der Waals surface area contributed by atoms with Gasteiger partial charge in [0.05, 0.1) is 5.01 Å². The highest BCUT2D eigenvalue weighted by molar-refractivity contribution is 7.11. The molecule has 0 spiro atoms. The summed E-state index contributed by atoms with van der Waals surface area (Å²) in [6, 6.07) is 10.4. The first-order valence-electron chi connectivity index (χ1n) is 10.7. The first-order chi connectivity index (χ1) is 14.7. The zero-order valence-electron chi connectivity index (χ0n) is 17.9. The minimum absolute atomic E-state index is 0.195. The first-order valence-corrected chi connectivity index (χ1v) is 11.5. The molecular weight excluding hydrogens is 396 g/mol. The number of carbonyl (C=O) groups excluding carboxylic acids is 1. The van der Waals surface area contributed by atoms with Crippen molar-refractivity contribution in [1.82, 2.24) is 20.5 Å². The normalized spacial score (nSPS) is 14.7. The summed E-state index contributed by atoms with van der Waals surface area (Å²) in [5.41, 5.74) is 1.23. The second-order valence-corrected chi connectivity index (χ2v) is 8.40. The van der Waals surface area contributed by atoms with Gasteiger partial charge in [-0.05, 0) is 18.6 Å². The van der Waals surface area contributed by atoms with Crippen LogP contribution in [0.25, 0.3) is 0 Å². The number of benzene rings is 1. The highest BCUT2D eigenvalue weighted by atomic mass is 32.1. The van der Waals surface area contributed by atoms with Crippen molar-refractivity contribution in [2.24, 2.45) is 4.99 Å². The maximum Gasteiger partial charge on any atom is 0.224 e. The number of hydrogen-bond acceptors (Lipinski definition) is 5. The van der Waals surface area contributed by atoms with Crippen LogP contribution in [0.1, 0.15) is 23.2 Å². The molecule has 1 amide bonds. The molecule has 7 nitrogen and oxygen atoms in total. The van der Waals surface area contributed by atoms with Crippen LogP contribution < -0.4 is 15.5 Å². The summed E-state index contributed by atoms with van der Waals surface area (Å²) >= 11 is 1.76. The lowest BCUT2D eigenvalue weighted by atomic mass is 10.2. The number of thiazole rings is 1. The van der Waals surface area contributed by atoms with Gasteiger partial charge in [-0.1, -0.05) is 25.1 Å². The quantitative estimate of drug-likeness (QED) is 0.498. The molecule has 2 heterocycles. The summed E-state index contributed by atoms with van der Waals surface area (Å²) in [6.45, 7) is 6.79. The molecule has 1 aliphatic heterocycles. The van der Waals surface area contributed by atoms with E-state index >= 15 is 0 Å².